The fourth-order valence-electron chi connectivity index (χ4n) is 5.55. The fourth-order valence-corrected chi connectivity index (χ4v) is 5.55. The van der Waals surface area contributed by atoms with E-state index in [1.807, 2.05) is 18.2 Å². The molecule has 4 nitrogen and oxygen atoms in total. The van der Waals surface area contributed by atoms with Crippen molar-refractivity contribution in [2.75, 3.05) is 27.3 Å². The van der Waals surface area contributed by atoms with Crippen LogP contribution in [0, 0.1) is 0 Å². The van der Waals surface area contributed by atoms with E-state index in [-0.39, 0.29) is 12.8 Å². The number of rotatable bonds is 8. The fraction of sp³-hybridized carbons (Fsp3) is 0.419. The van der Waals surface area contributed by atoms with Crippen LogP contribution in [0.15, 0.2) is 59.9 Å². The topological polar surface area (TPSA) is 41.9 Å². The molecule has 3 aromatic rings. The summed E-state index contributed by atoms with van der Waals surface area (Å²) in [7, 11) is 3.30. The summed E-state index contributed by atoms with van der Waals surface area (Å²) in [6, 6.07) is 16.5. The lowest BCUT2D eigenvalue weighted by atomic mass is 9.89. The first-order valence-electron chi connectivity index (χ1n) is 13.1. The summed E-state index contributed by atoms with van der Waals surface area (Å²) in [6.07, 6.45) is 4.39. The quantitative estimate of drug-likeness (QED) is 0.318. The number of hydrogen-bond donors (Lipinski definition) is 1. The van der Waals surface area contributed by atoms with Crippen LogP contribution in [-0.4, -0.2) is 43.2 Å². The third-order valence-corrected chi connectivity index (χ3v) is 7.88. The third kappa shape index (κ3) is 5.30. The summed E-state index contributed by atoms with van der Waals surface area (Å²) < 4.78 is 39.2. The van der Waals surface area contributed by atoms with Crippen LogP contribution < -0.4 is 9.47 Å². The largest absolute Gasteiger partial charge is 0.512 e. The number of benzene rings is 3. The number of aliphatic hydroxyl groups excluding tert-OH is 1. The van der Waals surface area contributed by atoms with E-state index in [9.17, 15) is 13.9 Å². The van der Waals surface area contributed by atoms with Gasteiger partial charge in [-0.1, -0.05) is 42.5 Å². The number of halogens is 2. The van der Waals surface area contributed by atoms with E-state index in [1.54, 1.807) is 14.2 Å². The first-order valence-corrected chi connectivity index (χ1v) is 13.1. The molecule has 1 aliphatic carbocycles. The van der Waals surface area contributed by atoms with Crippen molar-refractivity contribution < 1.29 is 23.4 Å². The maximum atomic E-state index is 13.7. The number of alkyl halides is 2. The minimum absolute atomic E-state index is 0.114. The molecule has 2 aliphatic rings. The number of aliphatic hydroxyl groups is 1. The maximum absolute atomic E-state index is 13.7. The van der Waals surface area contributed by atoms with Gasteiger partial charge in [0.25, 0.3) is 5.92 Å². The van der Waals surface area contributed by atoms with Gasteiger partial charge < -0.3 is 14.6 Å². The number of piperidine rings is 1. The number of aryl methyl sites for hydroxylation is 1. The molecular formula is C31H35F2NO3. The minimum atomic E-state index is -2.57. The van der Waals surface area contributed by atoms with Crippen molar-refractivity contribution in [1.29, 1.82) is 0 Å². The molecule has 6 heteroatoms. The van der Waals surface area contributed by atoms with Crippen LogP contribution in [0.5, 0.6) is 11.5 Å². The lowest BCUT2D eigenvalue weighted by Gasteiger charge is -2.32. The molecule has 0 radical (unpaired) electrons. The molecule has 3 aromatic carbocycles. The maximum Gasteiger partial charge on any atom is 0.250 e. The van der Waals surface area contributed by atoms with Gasteiger partial charge >= 0.3 is 0 Å². The summed E-state index contributed by atoms with van der Waals surface area (Å²) in [5.41, 5.74) is 5.21. The Morgan fingerprint density at radius 2 is 1.65 bits per heavy atom. The average Bonchev–Trinajstić information content (AvgIpc) is 2.87. The Hall–Kier alpha value is -3.12. The van der Waals surface area contributed by atoms with E-state index in [2.05, 4.69) is 35.2 Å². The highest BCUT2D eigenvalue weighted by molar-refractivity contribution is 6.01. The van der Waals surface area contributed by atoms with Gasteiger partial charge in [0.2, 0.25) is 0 Å². The first-order chi connectivity index (χ1) is 17.9. The summed E-state index contributed by atoms with van der Waals surface area (Å²) in [5.74, 6) is -0.610. The van der Waals surface area contributed by atoms with Gasteiger partial charge in [0.05, 0.1) is 25.5 Å². The number of ether oxygens (including phenoxy) is 2. The van der Waals surface area contributed by atoms with E-state index in [1.165, 1.54) is 17.6 Å². The Morgan fingerprint density at radius 1 is 0.919 bits per heavy atom. The molecule has 1 heterocycles. The Morgan fingerprint density at radius 3 is 2.32 bits per heavy atom. The van der Waals surface area contributed by atoms with Crippen molar-refractivity contribution in [3.63, 3.8) is 0 Å². The van der Waals surface area contributed by atoms with E-state index in [0.29, 0.717) is 43.3 Å². The van der Waals surface area contributed by atoms with E-state index < -0.39 is 5.92 Å². The average molecular weight is 508 g/mol. The predicted octanol–water partition coefficient (Wildman–Crippen LogP) is 7.68. The molecule has 1 aliphatic heterocycles. The molecule has 1 saturated heterocycles. The van der Waals surface area contributed by atoms with Crippen LogP contribution in [0.2, 0.25) is 0 Å². The summed E-state index contributed by atoms with van der Waals surface area (Å²) in [4.78, 5) is 2.07. The molecule has 1 saturated carbocycles. The van der Waals surface area contributed by atoms with Crippen LogP contribution in [0.25, 0.3) is 21.9 Å². The van der Waals surface area contributed by atoms with Crippen molar-refractivity contribution >= 4 is 10.8 Å². The molecule has 0 aromatic heterocycles. The number of likely N-dealkylation sites (tertiary alicyclic amines) is 1. The van der Waals surface area contributed by atoms with E-state index >= 15 is 0 Å². The second-order valence-electron chi connectivity index (χ2n) is 10.2. The second kappa shape index (κ2) is 10.7. The number of methoxy groups -OCH3 is 2. The monoisotopic (exact) mass is 507 g/mol. The van der Waals surface area contributed by atoms with Crippen LogP contribution in [0.3, 0.4) is 0 Å². The molecule has 37 heavy (non-hydrogen) atoms. The Balaban J connectivity index is 1.52. The molecule has 196 valence electrons. The van der Waals surface area contributed by atoms with Crippen molar-refractivity contribution in [1.82, 2.24) is 4.90 Å². The van der Waals surface area contributed by atoms with Gasteiger partial charge in [-0.3, -0.25) is 4.90 Å². The molecule has 0 atom stereocenters. The summed E-state index contributed by atoms with van der Waals surface area (Å²) in [6.45, 7) is 1.26. The van der Waals surface area contributed by atoms with Crippen LogP contribution in [0.1, 0.15) is 49.7 Å². The zero-order valence-corrected chi connectivity index (χ0v) is 21.7. The van der Waals surface area contributed by atoms with E-state index in [4.69, 9.17) is 9.47 Å². The lowest BCUT2D eigenvalue weighted by molar-refractivity contribution is -0.0567. The summed E-state index contributed by atoms with van der Waals surface area (Å²) >= 11 is 0. The smallest absolute Gasteiger partial charge is 0.250 e. The Labute approximate surface area is 217 Å². The molecule has 0 spiro atoms. The number of allylic oxidation sites excluding steroid dienone is 2. The third-order valence-electron chi connectivity index (χ3n) is 7.88. The standard InChI is InChI=1S/C31H35F2NO3/c1-36-28-15-13-23(20-34-18-16-31(32,33)17-19-34)30(37-2)29(28)26-11-5-9-24-21(6-4-10-25(24)26)12-14-27(35)22-7-3-8-22/h4-6,9-11,13,15,35H,3,7-8,12,14,16-20H2,1-2H3. The number of hydrogen-bond acceptors (Lipinski definition) is 4. The summed E-state index contributed by atoms with van der Waals surface area (Å²) in [5, 5.41) is 12.7. The zero-order chi connectivity index (χ0) is 26.0. The van der Waals surface area contributed by atoms with Crippen molar-refractivity contribution in [3.05, 3.63) is 71.0 Å². The second-order valence-corrected chi connectivity index (χ2v) is 10.2. The molecule has 0 unspecified atom stereocenters. The van der Waals surface area contributed by atoms with Gasteiger partial charge in [0.15, 0.2) is 0 Å². The van der Waals surface area contributed by atoms with Crippen LogP contribution in [-0.2, 0) is 13.0 Å². The van der Waals surface area contributed by atoms with Crippen LogP contribution >= 0.6 is 0 Å². The van der Waals surface area contributed by atoms with Crippen molar-refractivity contribution in [3.8, 4) is 22.6 Å². The zero-order valence-electron chi connectivity index (χ0n) is 21.7. The Bertz CT molecular complexity index is 1300. The number of fused-ring (bicyclic) bond motifs is 1. The van der Waals surface area contributed by atoms with E-state index in [0.717, 1.165) is 46.7 Å². The molecule has 0 amide bonds. The van der Waals surface area contributed by atoms with Gasteiger partial charge in [0, 0.05) is 44.5 Å². The van der Waals surface area contributed by atoms with Gasteiger partial charge in [-0.2, -0.15) is 0 Å². The van der Waals surface area contributed by atoms with Gasteiger partial charge in [0.1, 0.15) is 11.5 Å². The molecule has 1 N–H and O–H groups in total. The molecule has 2 fully saturated rings. The highest BCUT2D eigenvalue weighted by Crippen LogP contribution is 2.45. The van der Waals surface area contributed by atoms with Crippen molar-refractivity contribution in [2.24, 2.45) is 0 Å². The van der Waals surface area contributed by atoms with Gasteiger partial charge in [-0.25, -0.2) is 8.78 Å². The van der Waals surface area contributed by atoms with Crippen molar-refractivity contribution in [2.45, 2.75) is 57.4 Å². The normalized spacial score (nSPS) is 17.5. The molecular weight excluding hydrogens is 472 g/mol. The molecule has 5 rings (SSSR count). The lowest BCUT2D eigenvalue weighted by Crippen LogP contribution is -2.38. The SMILES string of the molecule is COc1ccc(CN2CCC(F)(F)CC2)c(OC)c1-c1cccc2c(CCC(O)=C3CCC3)cccc12. The van der Waals surface area contributed by atoms with Gasteiger partial charge in [-0.15, -0.1) is 0 Å². The first kappa shape index (κ1) is 25.5. The molecule has 0 bridgehead atoms. The van der Waals surface area contributed by atoms with Crippen LogP contribution in [0.4, 0.5) is 8.78 Å². The van der Waals surface area contributed by atoms with Gasteiger partial charge in [-0.05, 0) is 59.2 Å². The highest BCUT2D eigenvalue weighted by Gasteiger charge is 2.34. The highest BCUT2D eigenvalue weighted by atomic mass is 19.3. The minimum Gasteiger partial charge on any atom is -0.512 e. The Kier molecular flexibility index (Phi) is 7.38. The predicted molar refractivity (Wildman–Crippen MR) is 144 cm³/mol. The number of nitrogens with zero attached hydrogens (tertiary/aromatic N) is 1.